The Morgan fingerprint density at radius 1 is 1.10 bits per heavy atom. The van der Waals surface area contributed by atoms with Crippen LogP contribution in [0.1, 0.15) is 46.1 Å². The molecule has 0 unspecified atom stereocenters. The van der Waals surface area contributed by atoms with Gasteiger partial charge in [-0.05, 0) is 51.8 Å². The van der Waals surface area contributed by atoms with Crippen LogP contribution in [0, 0.1) is 11.8 Å². The number of ketones is 1. The van der Waals surface area contributed by atoms with Gasteiger partial charge in [0.05, 0.1) is 19.6 Å². The lowest BCUT2D eigenvalue weighted by atomic mass is 9.99. The normalized spacial score (nSPS) is 11.5. The van der Waals surface area contributed by atoms with Crippen molar-refractivity contribution < 1.29 is 28.6 Å². The fourth-order valence-corrected chi connectivity index (χ4v) is 2.35. The third-order valence-electron chi connectivity index (χ3n) is 3.73. The second-order valence-electron chi connectivity index (χ2n) is 7.30. The number of nitrogens with one attached hydrogen (secondary N) is 1. The summed E-state index contributed by atoms with van der Waals surface area (Å²) in [5.41, 5.74) is 0.135. The molecule has 1 aromatic rings. The third-order valence-corrected chi connectivity index (χ3v) is 3.73. The second-order valence-corrected chi connectivity index (χ2v) is 7.30. The molecule has 0 bridgehead atoms. The lowest BCUT2D eigenvalue weighted by Crippen LogP contribution is -2.44. The molecule has 7 heteroatoms. The number of amides is 1. The molecule has 0 fully saturated rings. The first-order chi connectivity index (χ1) is 13.6. The zero-order chi connectivity index (χ0) is 21.9. The number of carbonyl (C=O) groups is 3. The van der Waals surface area contributed by atoms with Crippen molar-refractivity contribution in [2.45, 2.75) is 58.6 Å². The molecule has 0 aliphatic rings. The summed E-state index contributed by atoms with van der Waals surface area (Å²) in [4.78, 5) is 36.1. The number of hydrogen-bond donors (Lipinski definition) is 1. The molecule has 1 N–H and O–H groups in total. The molecular formula is C22H29NO6. The van der Waals surface area contributed by atoms with Crippen LogP contribution in [-0.4, -0.2) is 43.2 Å². The van der Waals surface area contributed by atoms with E-state index in [1.165, 1.54) is 7.11 Å². The summed E-state index contributed by atoms with van der Waals surface area (Å²) in [5.74, 6) is 5.46. The molecule has 1 rings (SSSR count). The van der Waals surface area contributed by atoms with E-state index in [2.05, 4.69) is 21.9 Å². The molecule has 0 aromatic heterocycles. The number of carbonyl (C=O) groups excluding carboxylic acids is 3. The molecule has 158 valence electrons. The molecule has 0 saturated carbocycles. The monoisotopic (exact) mass is 403 g/mol. The average molecular weight is 403 g/mol. The van der Waals surface area contributed by atoms with Crippen LogP contribution in [0.15, 0.2) is 24.3 Å². The highest BCUT2D eigenvalue weighted by atomic mass is 16.6. The van der Waals surface area contributed by atoms with Crippen molar-refractivity contribution in [3.8, 4) is 17.6 Å². The van der Waals surface area contributed by atoms with Crippen molar-refractivity contribution in [1.29, 1.82) is 0 Å². The summed E-state index contributed by atoms with van der Waals surface area (Å²) >= 11 is 0. The van der Waals surface area contributed by atoms with Crippen LogP contribution in [0.2, 0.25) is 0 Å². The maximum absolute atomic E-state index is 12.6. The summed E-state index contributed by atoms with van der Waals surface area (Å²) in [6.07, 6.45) is -0.516. The third kappa shape index (κ3) is 10.2. The van der Waals surface area contributed by atoms with Crippen molar-refractivity contribution in [2.24, 2.45) is 0 Å². The fourth-order valence-electron chi connectivity index (χ4n) is 2.35. The summed E-state index contributed by atoms with van der Waals surface area (Å²) in [5, 5.41) is 2.61. The Morgan fingerprint density at radius 3 is 2.31 bits per heavy atom. The fraction of sp³-hybridized carbons (Fsp3) is 0.500. The molecule has 0 saturated heterocycles. The van der Waals surface area contributed by atoms with Gasteiger partial charge in [-0.1, -0.05) is 18.1 Å². The van der Waals surface area contributed by atoms with Crippen molar-refractivity contribution in [1.82, 2.24) is 5.32 Å². The van der Waals surface area contributed by atoms with E-state index in [0.717, 1.165) is 5.56 Å². The largest absolute Gasteiger partial charge is 0.481 e. The quantitative estimate of drug-likeness (QED) is 0.503. The number of Topliss-reactive ketones (excluding diaryl/α,β-unsaturated/α-hetero) is 1. The number of esters is 1. The number of benzene rings is 1. The molecule has 1 atom stereocenters. The van der Waals surface area contributed by atoms with Crippen LogP contribution < -0.4 is 10.1 Å². The van der Waals surface area contributed by atoms with Gasteiger partial charge in [0.1, 0.15) is 18.0 Å². The SMILES string of the molecule is CC#CCOc1ccc(C[C@H](NC(=O)OC(C)(C)C)C(=O)CCC(=O)OC)cc1. The average Bonchev–Trinajstić information content (AvgIpc) is 2.65. The summed E-state index contributed by atoms with van der Waals surface area (Å²) in [6.45, 7) is 7.25. The molecule has 0 spiro atoms. The molecule has 0 aliphatic heterocycles. The Morgan fingerprint density at radius 2 is 1.76 bits per heavy atom. The van der Waals surface area contributed by atoms with Crippen LogP contribution in [0.3, 0.4) is 0 Å². The van der Waals surface area contributed by atoms with E-state index >= 15 is 0 Å². The molecular weight excluding hydrogens is 374 g/mol. The van der Waals surface area contributed by atoms with Gasteiger partial charge in [0.25, 0.3) is 0 Å². The molecule has 29 heavy (non-hydrogen) atoms. The topological polar surface area (TPSA) is 90.9 Å². The highest BCUT2D eigenvalue weighted by molar-refractivity contribution is 5.89. The molecule has 7 nitrogen and oxygen atoms in total. The van der Waals surface area contributed by atoms with Gasteiger partial charge in [-0.3, -0.25) is 9.59 Å². The first kappa shape index (κ1) is 24.0. The Balaban J connectivity index is 2.83. The van der Waals surface area contributed by atoms with Crippen molar-refractivity contribution in [3.05, 3.63) is 29.8 Å². The van der Waals surface area contributed by atoms with Crippen molar-refractivity contribution in [2.75, 3.05) is 13.7 Å². The predicted molar refractivity (Wildman–Crippen MR) is 109 cm³/mol. The molecule has 0 heterocycles. The van der Waals surface area contributed by atoms with Crippen LogP contribution in [0.5, 0.6) is 5.75 Å². The first-order valence-corrected chi connectivity index (χ1v) is 9.35. The summed E-state index contributed by atoms with van der Waals surface area (Å²) < 4.78 is 15.3. The summed E-state index contributed by atoms with van der Waals surface area (Å²) in [6, 6.07) is 6.34. The minimum atomic E-state index is -0.827. The predicted octanol–water partition coefficient (Wildman–Crippen LogP) is 3.05. The Kier molecular flexibility index (Phi) is 9.73. The van der Waals surface area contributed by atoms with Crippen molar-refractivity contribution in [3.63, 3.8) is 0 Å². The van der Waals surface area contributed by atoms with Gasteiger partial charge in [-0.15, -0.1) is 5.92 Å². The highest BCUT2D eigenvalue weighted by Crippen LogP contribution is 2.15. The van der Waals surface area contributed by atoms with E-state index in [0.29, 0.717) is 12.4 Å². The lowest BCUT2D eigenvalue weighted by Gasteiger charge is -2.23. The summed E-state index contributed by atoms with van der Waals surface area (Å²) in [7, 11) is 1.26. The molecule has 1 aromatic carbocycles. The van der Waals surface area contributed by atoms with Crippen LogP contribution in [0.25, 0.3) is 0 Å². The maximum atomic E-state index is 12.6. The van der Waals surface area contributed by atoms with Gasteiger partial charge in [0.15, 0.2) is 5.78 Å². The smallest absolute Gasteiger partial charge is 0.408 e. The number of hydrogen-bond acceptors (Lipinski definition) is 6. The van der Waals surface area contributed by atoms with Gasteiger partial charge in [0.2, 0.25) is 0 Å². The zero-order valence-corrected chi connectivity index (χ0v) is 17.7. The first-order valence-electron chi connectivity index (χ1n) is 9.35. The van der Waals surface area contributed by atoms with Crippen LogP contribution in [0.4, 0.5) is 4.79 Å². The molecule has 0 radical (unpaired) electrons. The van der Waals surface area contributed by atoms with Gasteiger partial charge < -0.3 is 19.5 Å². The minimum Gasteiger partial charge on any atom is -0.481 e. The molecule has 0 aliphatic carbocycles. The minimum absolute atomic E-state index is 0.0377. The Bertz CT molecular complexity index is 752. The maximum Gasteiger partial charge on any atom is 0.408 e. The van der Waals surface area contributed by atoms with Crippen LogP contribution >= 0.6 is 0 Å². The van der Waals surface area contributed by atoms with E-state index < -0.39 is 23.7 Å². The second kappa shape index (κ2) is 11.7. The lowest BCUT2D eigenvalue weighted by molar-refractivity contribution is -0.142. The zero-order valence-electron chi connectivity index (χ0n) is 17.7. The van der Waals surface area contributed by atoms with Crippen LogP contribution in [-0.2, 0) is 25.5 Å². The van der Waals surface area contributed by atoms with E-state index in [1.54, 1.807) is 39.8 Å². The molecule has 1 amide bonds. The Hall–Kier alpha value is -3.01. The van der Waals surface area contributed by atoms with E-state index in [-0.39, 0.29) is 25.0 Å². The van der Waals surface area contributed by atoms with Gasteiger partial charge in [-0.25, -0.2) is 4.79 Å². The van der Waals surface area contributed by atoms with E-state index in [9.17, 15) is 14.4 Å². The number of alkyl carbamates (subject to hydrolysis) is 1. The van der Waals surface area contributed by atoms with E-state index in [4.69, 9.17) is 9.47 Å². The number of ether oxygens (including phenoxy) is 3. The highest BCUT2D eigenvalue weighted by Gasteiger charge is 2.25. The van der Waals surface area contributed by atoms with E-state index in [1.807, 2.05) is 12.1 Å². The van der Waals surface area contributed by atoms with Gasteiger partial charge in [0, 0.05) is 6.42 Å². The van der Waals surface area contributed by atoms with Gasteiger partial charge in [-0.2, -0.15) is 0 Å². The van der Waals surface area contributed by atoms with Gasteiger partial charge >= 0.3 is 12.1 Å². The number of methoxy groups -OCH3 is 1. The standard InChI is InChI=1S/C22H29NO6/c1-6-7-14-28-17-10-8-16(9-11-17)15-18(19(24)12-13-20(25)27-5)23-21(26)29-22(2,3)4/h8-11,18H,12-15H2,1-5H3,(H,23,26)/t18-/m0/s1. The number of rotatable bonds is 9. The van der Waals surface area contributed by atoms with Crippen molar-refractivity contribution >= 4 is 17.8 Å². The Labute approximate surface area is 172 Å².